The van der Waals surface area contributed by atoms with Crippen molar-refractivity contribution in [2.75, 3.05) is 32.9 Å². The molecule has 1 unspecified atom stereocenters. The molecule has 5 atom stereocenters. The largest absolute Gasteiger partial charge is 0.391 e. The lowest BCUT2D eigenvalue weighted by Crippen LogP contribution is -2.64. The van der Waals surface area contributed by atoms with Gasteiger partial charge in [0.25, 0.3) is 5.91 Å². The molecule has 3 rings (SSSR count). The molecule has 1 saturated heterocycles. The number of Topliss-reactive ketones (excluding diaryl/α,β-unsaturated/α-hetero) is 1. The number of sulfonamides is 1. The van der Waals surface area contributed by atoms with E-state index in [-0.39, 0.29) is 25.6 Å². The van der Waals surface area contributed by atoms with Crippen molar-refractivity contribution in [2.24, 2.45) is 22.7 Å². The minimum absolute atomic E-state index is 0.0314. The summed E-state index contributed by atoms with van der Waals surface area (Å²) >= 11 is 0. The van der Waals surface area contributed by atoms with Crippen LogP contribution in [0.5, 0.6) is 0 Å². The molecule has 4 N–H and O–H groups in total. The number of nitrogens with one attached hydrogen (secondary N) is 4. The lowest BCUT2D eigenvalue weighted by atomic mass is 9.81. The Morgan fingerprint density at radius 3 is 2.14 bits per heavy atom. The van der Waals surface area contributed by atoms with Gasteiger partial charge >= 0.3 is 12.2 Å². The Hall–Kier alpha value is -3.21. The van der Waals surface area contributed by atoms with Gasteiger partial charge in [-0.3, -0.25) is 19.2 Å². The van der Waals surface area contributed by atoms with Crippen LogP contribution in [-0.4, -0.2) is 110 Å². The zero-order chi connectivity index (χ0) is 37.3. The van der Waals surface area contributed by atoms with Crippen molar-refractivity contribution in [1.29, 1.82) is 0 Å². The summed E-state index contributed by atoms with van der Waals surface area (Å²) in [6.07, 6.45) is -0.905. The van der Waals surface area contributed by atoms with E-state index in [1.165, 1.54) is 22.3 Å². The summed E-state index contributed by atoms with van der Waals surface area (Å²) in [5, 5.41) is 9.93. The van der Waals surface area contributed by atoms with Gasteiger partial charge in [0.15, 0.2) is 0 Å². The lowest BCUT2D eigenvalue weighted by Gasteiger charge is -2.42. The van der Waals surface area contributed by atoms with Gasteiger partial charge < -0.3 is 26.2 Å². The molecular formula is C32H51F3N6O7S. The van der Waals surface area contributed by atoms with Gasteiger partial charge in [-0.05, 0) is 35.5 Å². The summed E-state index contributed by atoms with van der Waals surface area (Å²) in [6, 6.07) is -5.40. The van der Waals surface area contributed by atoms with Gasteiger partial charge in [0.2, 0.25) is 27.6 Å². The molecule has 2 aliphatic carbocycles. The maximum atomic E-state index is 14.3. The van der Waals surface area contributed by atoms with Crippen LogP contribution in [0.2, 0.25) is 0 Å². The number of halogens is 3. The number of piperidine rings is 1. The van der Waals surface area contributed by atoms with Crippen LogP contribution in [0, 0.1) is 22.7 Å². The molecule has 2 saturated carbocycles. The van der Waals surface area contributed by atoms with Crippen molar-refractivity contribution in [3.63, 3.8) is 0 Å². The van der Waals surface area contributed by atoms with Crippen molar-refractivity contribution in [3.8, 4) is 0 Å². The van der Waals surface area contributed by atoms with Gasteiger partial charge in [0, 0.05) is 26.7 Å². The van der Waals surface area contributed by atoms with Crippen molar-refractivity contribution in [2.45, 2.75) is 103 Å². The first-order valence-electron chi connectivity index (χ1n) is 16.5. The molecule has 0 aromatic carbocycles. The molecule has 13 nitrogen and oxygen atoms in total. The van der Waals surface area contributed by atoms with E-state index in [9.17, 15) is 45.6 Å². The number of amides is 5. The molecule has 1 heterocycles. The molecule has 49 heavy (non-hydrogen) atoms. The average Bonchev–Trinajstić information content (AvgIpc) is 3.27. The number of fused-ring (bicyclic) bond motifs is 1. The topological polar surface area (TPSA) is 174 Å². The van der Waals surface area contributed by atoms with Crippen LogP contribution in [0.1, 0.15) is 73.1 Å². The predicted octanol–water partition coefficient (Wildman–Crippen LogP) is 2.09. The number of nitrogens with zero attached hydrogens (tertiary/aromatic N) is 2. The van der Waals surface area contributed by atoms with E-state index < -0.39 is 92.6 Å². The summed E-state index contributed by atoms with van der Waals surface area (Å²) in [6.45, 7) is 12.2. The van der Waals surface area contributed by atoms with Gasteiger partial charge in [-0.25, -0.2) is 17.5 Å². The highest BCUT2D eigenvalue weighted by molar-refractivity contribution is 7.88. The summed E-state index contributed by atoms with van der Waals surface area (Å²) < 4.78 is 66.1. The Kier molecular flexibility index (Phi) is 12.0. The van der Waals surface area contributed by atoms with Crippen LogP contribution < -0.4 is 21.3 Å². The molecule has 3 fully saturated rings. The number of alkyl halides is 3. The fraction of sp³-hybridized carbons (Fsp3) is 0.781. The number of likely N-dealkylation sites (tertiary alicyclic amines) is 1. The summed E-state index contributed by atoms with van der Waals surface area (Å²) in [4.78, 5) is 67.9. The number of likely N-dealkylation sites (N-methyl/N-ethyl adjacent to an activating group) is 1. The van der Waals surface area contributed by atoms with Gasteiger partial charge in [-0.15, -0.1) is 6.58 Å². The monoisotopic (exact) mass is 720 g/mol. The van der Waals surface area contributed by atoms with Gasteiger partial charge in [-0.2, -0.15) is 13.2 Å². The number of carbonyl (C=O) groups is 5. The number of urea groups is 1. The van der Waals surface area contributed by atoms with E-state index in [0.717, 1.165) is 25.5 Å². The van der Waals surface area contributed by atoms with Crippen LogP contribution in [0.25, 0.3) is 0 Å². The van der Waals surface area contributed by atoms with Crippen molar-refractivity contribution in [3.05, 3.63) is 12.7 Å². The summed E-state index contributed by atoms with van der Waals surface area (Å²) in [5.74, 6) is -5.07. The third-order valence-electron chi connectivity index (χ3n) is 10.1. The molecule has 0 aromatic rings. The molecule has 0 bridgehead atoms. The maximum absolute atomic E-state index is 14.3. The Balaban J connectivity index is 1.87. The lowest BCUT2D eigenvalue weighted by molar-refractivity contribution is -0.155. The molecule has 0 radical (unpaired) electrons. The number of hydrogen-bond donors (Lipinski definition) is 4. The van der Waals surface area contributed by atoms with Gasteiger partial charge in [-0.1, -0.05) is 60.0 Å². The fourth-order valence-electron chi connectivity index (χ4n) is 7.24. The molecule has 3 aliphatic rings. The average molecular weight is 721 g/mol. The van der Waals surface area contributed by atoms with Crippen LogP contribution >= 0.6 is 0 Å². The highest BCUT2D eigenvalue weighted by Gasteiger charge is 2.70. The second-order valence-electron chi connectivity index (χ2n) is 15.4. The number of rotatable bonds is 13. The highest BCUT2D eigenvalue weighted by Crippen LogP contribution is 2.65. The van der Waals surface area contributed by atoms with Crippen LogP contribution in [-0.2, 0) is 29.2 Å². The second-order valence-corrected chi connectivity index (χ2v) is 17.5. The quantitative estimate of drug-likeness (QED) is 0.167. The summed E-state index contributed by atoms with van der Waals surface area (Å²) in [5.41, 5.74) is -2.23. The Bertz CT molecular complexity index is 1420. The van der Waals surface area contributed by atoms with Gasteiger partial charge in [0.05, 0.1) is 18.2 Å². The highest BCUT2D eigenvalue weighted by atomic mass is 32.2. The SMILES string of the molecule is C=CCNC(=O)C(=O)C(CC(F)(F)F)NC(=O)[C@@H]1[C@@H]2[C@H](CN1C(=O)[C@@H](NC(=O)NC1(CN(C)S(C)(=O)=O)CCCCC1)C(C)(C)C)C2(C)C. The van der Waals surface area contributed by atoms with Crippen LogP contribution in [0.4, 0.5) is 18.0 Å². The summed E-state index contributed by atoms with van der Waals surface area (Å²) in [7, 11) is -2.12. The first-order chi connectivity index (χ1) is 22.3. The van der Waals surface area contributed by atoms with E-state index in [2.05, 4.69) is 27.8 Å². The molecule has 5 amide bonds. The standard InChI is InChI=1S/C32H51F3N6O7S/c1-9-15-36-26(44)23(42)20(16-32(33,34)35)37-25(43)22-21-19(30(21,5)6)17-41(22)27(45)24(29(2,3)4)38-28(46)39-31(13-11-10-12-14-31)18-40(7)49(8,47)48/h9,19-22,24H,1,10-18H2,2-8H3,(H,36,44)(H,37,43)(H2,38,39,46)/t19-,20?,21-,22-,24+/m0/s1. The Labute approximate surface area is 286 Å². The van der Waals surface area contributed by atoms with E-state index >= 15 is 0 Å². The number of hydrogen-bond acceptors (Lipinski definition) is 7. The van der Waals surface area contributed by atoms with Gasteiger partial charge in [0.1, 0.15) is 18.1 Å². The molecule has 0 spiro atoms. The Morgan fingerprint density at radius 1 is 1.04 bits per heavy atom. The molecule has 1 aliphatic heterocycles. The van der Waals surface area contributed by atoms with Crippen LogP contribution in [0.15, 0.2) is 12.7 Å². The third-order valence-corrected chi connectivity index (χ3v) is 11.4. The zero-order valence-corrected chi connectivity index (χ0v) is 30.1. The Morgan fingerprint density at radius 2 is 1.63 bits per heavy atom. The molecule has 17 heteroatoms. The predicted molar refractivity (Wildman–Crippen MR) is 175 cm³/mol. The van der Waals surface area contributed by atoms with E-state index in [1.807, 2.05) is 13.8 Å². The van der Waals surface area contributed by atoms with Crippen molar-refractivity contribution >= 4 is 39.6 Å². The van der Waals surface area contributed by atoms with Crippen molar-refractivity contribution < 1.29 is 45.6 Å². The zero-order valence-electron chi connectivity index (χ0n) is 29.3. The molecule has 278 valence electrons. The molecule has 0 aromatic heterocycles. The number of carbonyl (C=O) groups excluding carboxylic acids is 5. The smallest absolute Gasteiger partial charge is 0.346 e. The van der Waals surface area contributed by atoms with Crippen LogP contribution in [0.3, 0.4) is 0 Å². The molecular weight excluding hydrogens is 669 g/mol. The van der Waals surface area contributed by atoms with Crippen molar-refractivity contribution in [1.82, 2.24) is 30.5 Å². The first kappa shape index (κ1) is 40.2. The fourth-order valence-corrected chi connectivity index (χ4v) is 7.72. The van der Waals surface area contributed by atoms with E-state index in [4.69, 9.17) is 0 Å². The maximum Gasteiger partial charge on any atom is 0.391 e. The third kappa shape index (κ3) is 9.73. The second kappa shape index (κ2) is 14.6. The first-order valence-corrected chi connectivity index (χ1v) is 18.3. The van der Waals surface area contributed by atoms with E-state index in [1.54, 1.807) is 20.8 Å². The minimum Gasteiger partial charge on any atom is -0.346 e. The number of ketones is 1. The van der Waals surface area contributed by atoms with E-state index in [0.29, 0.717) is 12.8 Å². The minimum atomic E-state index is -4.90. The normalized spacial score (nSPS) is 24.2.